The fourth-order valence-electron chi connectivity index (χ4n) is 5.73. The number of benzene rings is 1. The second-order valence-electron chi connectivity index (χ2n) is 9.79. The van der Waals surface area contributed by atoms with E-state index in [1.54, 1.807) is 29.6 Å². The number of aliphatic hydroxyl groups excluding tert-OH is 1. The molecule has 9 nitrogen and oxygen atoms in total. The lowest BCUT2D eigenvalue weighted by Gasteiger charge is -2.31. The number of likely N-dealkylation sites (tertiary alicyclic amines) is 1. The van der Waals surface area contributed by atoms with Crippen molar-refractivity contribution in [3.05, 3.63) is 52.4 Å². The van der Waals surface area contributed by atoms with Crippen molar-refractivity contribution in [3.63, 3.8) is 0 Å². The Morgan fingerprint density at radius 1 is 1.17 bits per heavy atom. The predicted molar refractivity (Wildman–Crippen MR) is 137 cm³/mol. The molecule has 0 spiro atoms. The molecule has 1 aromatic carbocycles. The van der Waals surface area contributed by atoms with Crippen LogP contribution in [0.3, 0.4) is 0 Å². The van der Waals surface area contributed by atoms with Gasteiger partial charge >= 0.3 is 0 Å². The molecule has 1 fully saturated rings. The van der Waals surface area contributed by atoms with Gasteiger partial charge in [-0.3, -0.25) is 14.4 Å². The van der Waals surface area contributed by atoms with Crippen LogP contribution in [0.25, 0.3) is 11.1 Å². The Morgan fingerprint density at radius 2 is 1.92 bits per heavy atom. The number of ether oxygens (including phenoxy) is 1. The fourth-order valence-corrected chi connectivity index (χ4v) is 5.73. The quantitative estimate of drug-likeness (QED) is 0.510. The molecule has 9 heteroatoms. The second-order valence-corrected chi connectivity index (χ2v) is 9.79. The number of carbonyl (C=O) groups excluding carboxylic acids is 2. The largest absolute Gasteiger partial charge is 0.496 e. The van der Waals surface area contributed by atoms with E-state index in [9.17, 15) is 19.5 Å². The molecule has 2 aromatic rings. The van der Waals surface area contributed by atoms with Gasteiger partial charge in [0.15, 0.2) is 0 Å². The van der Waals surface area contributed by atoms with Gasteiger partial charge in [0.25, 0.3) is 5.56 Å². The number of para-hydroxylation sites is 1. The average Bonchev–Trinajstić information content (AvgIpc) is 3.41. The number of carbonyl (C=O) groups is 2. The molecular formula is C27H36N4O5. The molecule has 0 aliphatic carbocycles. The number of aromatic nitrogens is 1. The number of aliphatic hydroxyl groups is 1. The Balaban J connectivity index is 1.69. The maximum Gasteiger partial charge on any atom is 0.258 e. The first-order valence-electron chi connectivity index (χ1n) is 12.6. The number of rotatable bonds is 9. The summed E-state index contributed by atoms with van der Waals surface area (Å²) in [6, 6.07) is 9.80. The van der Waals surface area contributed by atoms with E-state index >= 15 is 0 Å². The monoisotopic (exact) mass is 496 g/mol. The number of fused-ring (bicyclic) bond motifs is 3. The first kappa shape index (κ1) is 25.9. The summed E-state index contributed by atoms with van der Waals surface area (Å²) in [5.74, 6) is -0.500. The molecular weight excluding hydrogens is 460 g/mol. The zero-order valence-electron chi connectivity index (χ0n) is 21.4. The maximum absolute atomic E-state index is 13.6. The lowest BCUT2D eigenvalue weighted by atomic mass is 9.88. The van der Waals surface area contributed by atoms with Crippen LogP contribution in [-0.4, -0.2) is 78.2 Å². The highest BCUT2D eigenvalue weighted by molar-refractivity contribution is 5.89. The molecule has 4 atom stereocenters. The number of nitrogens with zero attached hydrogens (tertiary/aromatic N) is 3. The predicted octanol–water partition coefficient (Wildman–Crippen LogP) is 1.49. The summed E-state index contributed by atoms with van der Waals surface area (Å²) in [5.41, 5.74) is 1.75. The molecule has 4 rings (SSSR count). The number of amides is 2. The van der Waals surface area contributed by atoms with E-state index < -0.39 is 18.0 Å². The Morgan fingerprint density at radius 3 is 2.58 bits per heavy atom. The topological polar surface area (TPSA) is 104 Å². The summed E-state index contributed by atoms with van der Waals surface area (Å²) < 4.78 is 7.15. The molecule has 2 aliphatic rings. The second kappa shape index (κ2) is 10.8. The molecule has 3 heterocycles. The molecule has 36 heavy (non-hydrogen) atoms. The van der Waals surface area contributed by atoms with Crippen LogP contribution >= 0.6 is 0 Å². The fraction of sp³-hybridized carbons (Fsp3) is 0.519. The Bertz CT molecular complexity index is 1180. The number of pyridine rings is 1. The van der Waals surface area contributed by atoms with Crippen molar-refractivity contribution in [2.24, 2.45) is 11.8 Å². The third-order valence-corrected chi connectivity index (χ3v) is 7.41. The van der Waals surface area contributed by atoms with Crippen molar-refractivity contribution in [2.45, 2.75) is 38.4 Å². The minimum atomic E-state index is -0.769. The summed E-state index contributed by atoms with van der Waals surface area (Å²) >= 11 is 0. The SMILES string of the molecule is CCC(=O)N1[C@H](C(=O)NCCCN(C)C)[C@@H](CO)[C@@H]2Cn3c(ccc(-c4ccccc4OC)c3=O)[C@@H]21. The van der Waals surface area contributed by atoms with Crippen molar-refractivity contribution < 1.29 is 19.4 Å². The minimum Gasteiger partial charge on any atom is -0.496 e. The Kier molecular flexibility index (Phi) is 7.80. The third-order valence-electron chi connectivity index (χ3n) is 7.41. The molecule has 0 saturated carbocycles. The van der Waals surface area contributed by atoms with E-state index in [2.05, 4.69) is 5.32 Å². The van der Waals surface area contributed by atoms with E-state index in [0.717, 1.165) is 13.0 Å². The molecule has 194 valence electrons. The standard InChI is InChI=1S/C27H36N4O5/c1-5-23(33)31-24-19(20(16-32)25(31)26(34)28-13-8-14-29(2)3)15-30-21(24)12-11-18(27(30)35)17-9-6-7-10-22(17)36-4/h6-7,9-12,19-20,24-25,32H,5,8,13-16H2,1-4H3,(H,28,34)/t19-,20-,24+,25-/m0/s1. The minimum absolute atomic E-state index is 0.163. The van der Waals surface area contributed by atoms with Gasteiger partial charge in [-0.2, -0.15) is 0 Å². The first-order chi connectivity index (χ1) is 17.3. The zero-order valence-corrected chi connectivity index (χ0v) is 21.4. The van der Waals surface area contributed by atoms with Crippen molar-refractivity contribution in [1.29, 1.82) is 0 Å². The van der Waals surface area contributed by atoms with Crippen LogP contribution in [0, 0.1) is 11.8 Å². The van der Waals surface area contributed by atoms with Crippen molar-refractivity contribution in [2.75, 3.05) is 40.9 Å². The molecule has 2 N–H and O–H groups in total. The number of hydrogen-bond acceptors (Lipinski definition) is 6. The van der Waals surface area contributed by atoms with Gasteiger partial charge in [0.1, 0.15) is 11.8 Å². The highest BCUT2D eigenvalue weighted by Crippen LogP contribution is 2.49. The van der Waals surface area contributed by atoms with Crippen LogP contribution in [0.2, 0.25) is 0 Å². The molecule has 0 radical (unpaired) electrons. The first-order valence-corrected chi connectivity index (χ1v) is 12.6. The number of nitrogens with one attached hydrogen (secondary N) is 1. The molecule has 1 aromatic heterocycles. The van der Waals surface area contributed by atoms with Crippen LogP contribution in [0.1, 0.15) is 31.5 Å². The molecule has 2 amide bonds. The van der Waals surface area contributed by atoms with Gasteiger partial charge in [-0.15, -0.1) is 0 Å². The lowest BCUT2D eigenvalue weighted by Crippen LogP contribution is -2.50. The van der Waals surface area contributed by atoms with Gasteiger partial charge in [-0.25, -0.2) is 0 Å². The van der Waals surface area contributed by atoms with Crippen molar-refractivity contribution in [3.8, 4) is 16.9 Å². The summed E-state index contributed by atoms with van der Waals surface area (Å²) in [6.07, 6.45) is 1.02. The van der Waals surface area contributed by atoms with Gasteiger partial charge in [-0.1, -0.05) is 25.1 Å². The smallest absolute Gasteiger partial charge is 0.258 e. The summed E-state index contributed by atoms with van der Waals surface area (Å²) in [7, 11) is 5.52. The van der Waals surface area contributed by atoms with E-state index in [4.69, 9.17) is 4.74 Å². The number of hydrogen-bond donors (Lipinski definition) is 2. The third kappa shape index (κ3) is 4.53. The van der Waals surface area contributed by atoms with Gasteiger partial charge < -0.3 is 29.5 Å². The molecule has 1 saturated heterocycles. The zero-order chi connectivity index (χ0) is 26.0. The van der Waals surface area contributed by atoms with Gasteiger partial charge in [0.2, 0.25) is 11.8 Å². The van der Waals surface area contributed by atoms with Crippen molar-refractivity contribution in [1.82, 2.24) is 19.7 Å². The molecule has 0 bridgehead atoms. The Labute approximate surface area is 211 Å². The van der Waals surface area contributed by atoms with Crippen LogP contribution in [0.4, 0.5) is 0 Å². The summed E-state index contributed by atoms with van der Waals surface area (Å²) in [6.45, 7) is 3.19. The Hall–Kier alpha value is -3.17. The van der Waals surface area contributed by atoms with Crippen molar-refractivity contribution >= 4 is 11.8 Å². The maximum atomic E-state index is 13.6. The van der Waals surface area contributed by atoms with Crippen LogP contribution in [0.5, 0.6) is 5.75 Å². The van der Waals surface area contributed by atoms with E-state index in [-0.39, 0.29) is 36.3 Å². The van der Waals surface area contributed by atoms with Crippen LogP contribution in [-0.2, 0) is 16.1 Å². The van der Waals surface area contributed by atoms with E-state index in [0.29, 0.717) is 35.7 Å². The van der Waals surface area contributed by atoms with Crippen LogP contribution < -0.4 is 15.6 Å². The highest BCUT2D eigenvalue weighted by Gasteiger charge is 2.56. The normalized spacial score (nSPS) is 22.4. The summed E-state index contributed by atoms with van der Waals surface area (Å²) in [4.78, 5) is 43.7. The van der Waals surface area contributed by atoms with Gasteiger partial charge in [0.05, 0.1) is 18.7 Å². The molecule has 2 aliphatic heterocycles. The molecule has 0 unspecified atom stereocenters. The van der Waals surface area contributed by atoms with Gasteiger partial charge in [-0.05, 0) is 45.3 Å². The number of methoxy groups -OCH3 is 1. The van der Waals surface area contributed by atoms with Crippen LogP contribution in [0.15, 0.2) is 41.2 Å². The van der Waals surface area contributed by atoms with Gasteiger partial charge in [0, 0.05) is 49.2 Å². The van der Waals surface area contributed by atoms with E-state index in [1.807, 2.05) is 49.3 Å². The summed E-state index contributed by atoms with van der Waals surface area (Å²) in [5, 5.41) is 13.3. The highest BCUT2D eigenvalue weighted by atomic mass is 16.5. The average molecular weight is 497 g/mol. The van der Waals surface area contributed by atoms with E-state index in [1.165, 1.54) is 0 Å². The lowest BCUT2D eigenvalue weighted by molar-refractivity contribution is -0.141.